The quantitative estimate of drug-likeness (QED) is 0.413. The third-order valence-corrected chi connectivity index (χ3v) is 8.03. The topological polar surface area (TPSA) is 131 Å². The Morgan fingerprint density at radius 3 is 2.62 bits per heavy atom. The molecule has 0 bridgehead atoms. The van der Waals surface area contributed by atoms with Crippen LogP contribution in [0, 0.1) is 0 Å². The Bertz CT molecular complexity index is 1390. The molecule has 5 rings (SSSR count). The predicted octanol–water partition coefficient (Wildman–Crippen LogP) is 2.95. The summed E-state index contributed by atoms with van der Waals surface area (Å²) in [7, 11) is -2.39. The minimum Gasteiger partial charge on any atom is -0.495 e. The van der Waals surface area contributed by atoms with Gasteiger partial charge in [0.05, 0.1) is 54.5 Å². The monoisotopic (exact) mass is 542 g/mol. The van der Waals surface area contributed by atoms with Gasteiger partial charge in [0.1, 0.15) is 17.2 Å². The minimum absolute atomic E-state index is 0.00190. The zero-order valence-corrected chi connectivity index (χ0v) is 20.6. The highest BCUT2D eigenvalue weighted by atomic mass is 32.2. The number of H-pyrrole nitrogens is 1. The second kappa shape index (κ2) is 9.96. The van der Waals surface area contributed by atoms with Crippen molar-refractivity contribution in [1.82, 2.24) is 19.3 Å². The number of nitrogens with zero attached hydrogens (tertiary/aromatic N) is 3. The molecule has 11 nitrogen and oxygen atoms in total. The van der Waals surface area contributed by atoms with Crippen LogP contribution < -0.4 is 15.4 Å². The van der Waals surface area contributed by atoms with Crippen LogP contribution in [-0.2, 0) is 25.7 Å². The number of hydrogen-bond donors (Lipinski definition) is 3. The number of nitrogens with one attached hydrogen (secondary N) is 3. The molecular weight excluding hydrogens is 517 g/mol. The van der Waals surface area contributed by atoms with Crippen LogP contribution in [-0.4, -0.2) is 80.3 Å². The van der Waals surface area contributed by atoms with Gasteiger partial charge in [0.15, 0.2) is 0 Å². The second-order valence-corrected chi connectivity index (χ2v) is 10.5. The lowest BCUT2D eigenvalue weighted by Crippen LogP contribution is -2.40. The molecule has 0 aliphatic carbocycles. The Morgan fingerprint density at radius 2 is 1.95 bits per heavy atom. The van der Waals surface area contributed by atoms with Crippen molar-refractivity contribution in [1.29, 1.82) is 0 Å². The largest absolute Gasteiger partial charge is 0.495 e. The zero-order valence-electron chi connectivity index (χ0n) is 19.8. The molecule has 0 saturated carbocycles. The first kappa shape index (κ1) is 25.5. The number of anilines is 3. The Morgan fingerprint density at radius 1 is 1.16 bits per heavy atom. The van der Waals surface area contributed by atoms with Gasteiger partial charge in [0, 0.05) is 32.0 Å². The van der Waals surface area contributed by atoms with Crippen molar-refractivity contribution >= 4 is 38.5 Å². The summed E-state index contributed by atoms with van der Waals surface area (Å²) in [5.41, 5.74) is -0.567. The maximum Gasteiger partial charge on any atom is 0.418 e. The van der Waals surface area contributed by atoms with Crippen LogP contribution in [0.1, 0.15) is 12.0 Å². The Balaban J connectivity index is 1.49. The number of alkyl halides is 3. The first-order valence-corrected chi connectivity index (χ1v) is 12.9. The van der Waals surface area contributed by atoms with Crippen molar-refractivity contribution < 1.29 is 35.8 Å². The van der Waals surface area contributed by atoms with E-state index in [1.54, 1.807) is 0 Å². The van der Waals surface area contributed by atoms with Crippen LogP contribution in [0.5, 0.6) is 5.75 Å². The average Bonchev–Trinajstić information content (AvgIpc) is 3.55. The highest BCUT2D eigenvalue weighted by Crippen LogP contribution is 2.39. The van der Waals surface area contributed by atoms with Gasteiger partial charge in [-0.15, -0.1) is 0 Å². The molecule has 37 heavy (non-hydrogen) atoms. The van der Waals surface area contributed by atoms with Crippen molar-refractivity contribution in [3.63, 3.8) is 0 Å². The van der Waals surface area contributed by atoms with Gasteiger partial charge in [-0.25, -0.2) is 8.42 Å². The molecule has 2 saturated heterocycles. The molecule has 200 valence electrons. The molecule has 3 aromatic rings. The van der Waals surface area contributed by atoms with E-state index in [4.69, 9.17) is 14.2 Å². The fourth-order valence-corrected chi connectivity index (χ4v) is 5.67. The zero-order chi connectivity index (χ0) is 26.2. The van der Waals surface area contributed by atoms with Gasteiger partial charge >= 0.3 is 6.18 Å². The van der Waals surface area contributed by atoms with Crippen molar-refractivity contribution in [2.75, 3.05) is 57.3 Å². The van der Waals surface area contributed by atoms with Crippen molar-refractivity contribution in [3.8, 4) is 5.75 Å². The van der Waals surface area contributed by atoms with E-state index >= 15 is 0 Å². The molecular formula is C22H25F3N6O5S. The highest BCUT2D eigenvalue weighted by Gasteiger charge is 2.36. The number of morpholine rings is 1. The number of aromatic amines is 1. The fourth-order valence-electron chi connectivity index (χ4n) is 4.25. The molecule has 4 heterocycles. The Kier molecular flexibility index (Phi) is 6.87. The number of benzene rings is 1. The van der Waals surface area contributed by atoms with E-state index in [0.717, 1.165) is 6.20 Å². The van der Waals surface area contributed by atoms with E-state index in [1.165, 1.54) is 29.6 Å². The molecule has 0 radical (unpaired) electrons. The number of methoxy groups -OCH3 is 1. The van der Waals surface area contributed by atoms with Crippen LogP contribution in [0.2, 0.25) is 0 Å². The molecule has 2 aromatic heterocycles. The number of fused-ring (bicyclic) bond motifs is 1. The summed E-state index contributed by atoms with van der Waals surface area (Å²) in [6.07, 6.45) is -3.14. The molecule has 2 aliphatic heterocycles. The molecule has 0 unspecified atom stereocenters. The number of aromatic nitrogens is 3. The molecule has 3 N–H and O–H groups in total. The Labute approximate surface area is 210 Å². The number of sulfonamides is 1. The number of hydrogen-bond acceptors (Lipinski definition) is 9. The van der Waals surface area contributed by atoms with Gasteiger partial charge in [-0.05, 0) is 18.6 Å². The predicted molar refractivity (Wildman–Crippen MR) is 128 cm³/mol. The Hall–Kier alpha value is -3.14. The summed E-state index contributed by atoms with van der Waals surface area (Å²) in [5, 5.41) is 5.80. The van der Waals surface area contributed by atoms with Gasteiger partial charge in [-0.1, -0.05) is 0 Å². The fraction of sp³-hybridized carbons (Fsp3) is 0.455. The maximum atomic E-state index is 13.6. The standard InChI is InChI=1S/C22H25F3N6O5S/c1-34-17-10-14(37(32,33)31-5-8-35-9-6-31)2-3-16(17)28-21-29-19-18(15(11-26-19)22(23,24)25)20(30-21)27-13-4-7-36-12-13/h2-3,10-11,13H,4-9,12H2,1H3,(H3,26,27,28,29,30)/t13-/m1/s1. The van der Waals surface area contributed by atoms with Crippen LogP contribution in [0.3, 0.4) is 0 Å². The van der Waals surface area contributed by atoms with Gasteiger partial charge in [-0.3, -0.25) is 0 Å². The van der Waals surface area contributed by atoms with Gasteiger partial charge < -0.3 is 29.8 Å². The van der Waals surface area contributed by atoms with E-state index in [9.17, 15) is 21.6 Å². The summed E-state index contributed by atoms with van der Waals surface area (Å²) in [5.74, 6) is 0.188. The lowest BCUT2D eigenvalue weighted by Gasteiger charge is -2.26. The molecule has 2 aliphatic rings. The minimum atomic E-state index is -4.61. The van der Waals surface area contributed by atoms with E-state index in [1.807, 2.05) is 0 Å². The third kappa shape index (κ3) is 5.16. The molecule has 1 atom stereocenters. The number of rotatable bonds is 7. The summed E-state index contributed by atoms with van der Waals surface area (Å²) in [6.45, 7) is 1.95. The lowest BCUT2D eigenvalue weighted by atomic mass is 10.2. The lowest BCUT2D eigenvalue weighted by molar-refractivity contribution is -0.136. The van der Waals surface area contributed by atoms with Crippen LogP contribution in [0.4, 0.5) is 30.6 Å². The normalized spacial score (nSPS) is 19.3. The first-order chi connectivity index (χ1) is 17.7. The van der Waals surface area contributed by atoms with Crippen LogP contribution >= 0.6 is 0 Å². The summed E-state index contributed by atoms with van der Waals surface area (Å²) in [6, 6.07) is 4.07. The molecule has 2 fully saturated rings. The van der Waals surface area contributed by atoms with Crippen molar-refractivity contribution in [2.24, 2.45) is 0 Å². The van der Waals surface area contributed by atoms with Gasteiger partial charge in [-0.2, -0.15) is 27.4 Å². The van der Waals surface area contributed by atoms with E-state index in [-0.39, 0.29) is 52.6 Å². The van der Waals surface area contributed by atoms with Crippen molar-refractivity contribution in [3.05, 3.63) is 30.0 Å². The summed E-state index contributed by atoms with van der Waals surface area (Å²) >= 11 is 0. The van der Waals surface area contributed by atoms with Crippen LogP contribution in [0.25, 0.3) is 11.0 Å². The highest BCUT2D eigenvalue weighted by molar-refractivity contribution is 7.89. The van der Waals surface area contributed by atoms with Gasteiger partial charge in [0.2, 0.25) is 16.0 Å². The smallest absolute Gasteiger partial charge is 0.418 e. The number of ether oxygens (including phenoxy) is 3. The van der Waals surface area contributed by atoms with Gasteiger partial charge in [0.25, 0.3) is 0 Å². The maximum absolute atomic E-state index is 13.6. The van der Waals surface area contributed by atoms with Crippen molar-refractivity contribution in [2.45, 2.75) is 23.5 Å². The number of halogens is 3. The van der Waals surface area contributed by atoms with Crippen LogP contribution in [0.15, 0.2) is 29.3 Å². The molecule has 1 aromatic carbocycles. The molecule has 15 heteroatoms. The second-order valence-electron chi connectivity index (χ2n) is 8.53. The summed E-state index contributed by atoms with van der Waals surface area (Å²) < 4.78 is 84.3. The summed E-state index contributed by atoms with van der Waals surface area (Å²) in [4.78, 5) is 11.1. The van der Waals surface area contributed by atoms with E-state index < -0.39 is 21.8 Å². The third-order valence-electron chi connectivity index (χ3n) is 6.13. The molecule has 0 spiro atoms. The van der Waals surface area contributed by atoms with E-state index in [2.05, 4.69) is 25.6 Å². The first-order valence-electron chi connectivity index (χ1n) is 11.5. The average molecular weight is 543 g/mol. The SMILES string of the molecule is COc1cc(S(=O)(=O)N2CCOCC2)ccc1Nc1nc(N[C@@H]2CCOC2)c2c(C(F)(F)F)c[nH]c2n1. The van der Waals surface area contributed by atoms with E-state index in [0.29, 0.717) is 38.5 Å². The molecule has 0 amide bonds.